The van der Waals surface area contributed by atoms with E-state index in [2.05, 4.69) is 17.9 Å². The number of hydrogen-bond acceptors (Lipinski definition) is 3. The van der Waals surface area contributed by atoms with Gasteiger partial charge in [0.15, 0.2) is 0 Å². The highest BCUT2D eigenvalue weighted by Crippen LogP contribution is 2.25. The van der Waals surface area contributed by atoms with Gasteiger partial charge in [-0.25, -0.2) is 0 Å². The summed E-state index contributed by atoms with van der Waals surface area (Å²) in [6.07, 6.45) is 7.76. The van der Waals surface area contributed by atoms with Gasteiger partial charge in [-0.05, 0) is 45.7 Å². The fourth-order valence-electron chi connectivity index (χ4n) is 2.84. The van der Waals surface area contributed by atoms with E-state index >= 15 is 0 Å². The molecule has 0 N–H and O–H groups in total. The van der Waals surface area contributed by atoms with Crippen molar-refractivity contribution >= 4 is 0 Å². The lowest BCUT2D eigenvalue weighted by Gasteiger charge is -2.29. The van der Waals surface area contributed by atoms with Crippen molar-refractivity contribution in [2.45, 2.75) is 63.7 Å². The zero-order valence-corrected chi connectivity index (χ0v) is 10.2. The number of likely N-dealkylation sites (tertiary alicyclic amines) is 1. The minimum atomic E-state index is -0.0111. The minimum absolute atomic E-state index is 0.0111. The van der Waals surface area contributed by atoms with Gasteiger partial charge in [-0.15, -0.1) is 0 Å². The predicted molar refractivity (Wildman–Crippen MR) is 63.0 cm³/mol. The smallest absolute Gasteiger partial charge is 0.124 e. The first kappa shape index (κ1) is 11.9. The molecule has 0 radical (unpaired) electrons. The molecule has 3 unspecified atom stereocenters. The molecule has 0 aromatic rings. The Bertz CT molecular complexity index is 253. The van der Waals surface area contributed by atoms with Gasteiger partial charge in [-0.3, -0.25) is 4.90 Å². The highest BCUT2D eigenvalue weighted by atomic mass is 16.5. The summed E-state index contributed by atoms with van der Waals surface area (Å²) in [4.78, 5) is 2.34. The van der Waals surface area contributed by atoms with Crippen molar-refractivity contribution in [1.82, 2.24) is 4.90 Å². The zero-order chi connectivity index (χ0) is 11.4. The second-order valence-electron chi connectivity index (χ2n) is 5.09. The molecule has 2 fully saturated rings. The average Bonchev–Trinajstić information content (AvgIpc) is 2.55. The number of nitrogens with zero attached hydrogens (tertiary/aromatic N) is 2. The van der Waals surface area contributed by atoms with Gasteiger partial charge in [-0.2, -0.15) is 5.26 Å². The summed E-state index contributed by atoms with van der Waals surface area (Å²) < 4.78 is 5.84. The van der Waals surface area contributed by atoms with Gasteiger partial charge in [0.05, 0.1) is 18.3 Å². The monoisotopic (exact) mass is 222 g/mol. The van der Waals surface area contributed by atoms with Crippen molar-refractivity contribution in [2.24, 2.45) is 0 Å². The van der Waals surface area contributed by atoms with Crippen LogP contribution in [-0.4, -0.2) is 36.2 Å². The first-order valence-electron chi connectivity index (χ1n) is 6.60. The molecule has 0 aromatic carbocycles. The Morgan fingerprint density at radius 3 is 2.38 bits per heavy atom. The largest absolute Gasteiger partial charge is 0.373 e. The van der Waals surface area contributed by atoms with Gasteiger partial charge in [0.2, 0.25) is 0 Å². The van der Waals surface area contributed by atoms with Crippen LogP contribution >= 0.6 is 0 Å². The molecule has 16 heavy (non-hydrogen) atoms. The van der Waals surface area contributed by atoms with E-state index in [1.807, 2.05) is 0 Å². The van der Waals surface area contributed by atoms with E-state index in [1.165, 1.54) is 25.7 Å². The summed E-state index contributed by atoms with van der Waals surface area (Å²) in [5.41, 5.74) is 0. The molecule has 2 aliphatic heterocycles. The van der Waals surface area contributed by atoms with E-state index in [4.69, 9.17) is 4.74 Å². The van der Waals surface area contributed by atoms with Crippen LogP contribution in [0.4, 0.5) is 0 Å². The van der Waals surface area contributed by atoms with Crippen molar-refractivity contribution < 1.29 is 4.74 Å². The fraction of sp³-hybridized carbons (Fsp3) is 0.923. The molecule has 0 saturated carbocycles. The van der Waals surface area contributed by atoms with Crippen LogP contribution in [0.1, 0.15) is 45.4 Å². The SMILES string of the molecule is CC1CCC(C(C#N)N2CCCCCC2)O1. The van der Waals surface area contributed by atoms with E-state index in [1.54, 1.807) is 0 Å². The molecule has 0 amide bonds. The van der Waals surface area contributed by atoms with Gasteiger partial charge in [0.25, 0.3) is 0 Å². The van der Waals surface area contributed by atoms with Crippen molar-refractivity contribution in [3.05, 3.63) is 0 Å². The molecular weight excluding hydrogens is 200 g/mol. The Balaban J connectivity index is 1.95. The molecule has 90 valence electrons. The van der Waals surface area contributed by atoms with Crippen LogP contribution in [0.3, 0.4) is 0 Å². The maximum atomic E-state index is 9.35. The Morgan fingerprint density at radius 2 is 1.88 bits per heavy atom. The van der Waals surface area contributed by atoms with E-state index in [-0.39, 0.29) is 12.1 Å². The molecule has 3 nitrogen and oxygen atoms in total. The van der Waals surface area contributed by atoms with Crippen LogP contribution in [0.2, 0.25) is 0 Å². The van der Waals surface area contributed by atoms with E-state index in [0.717, 1.165) is 25.9 Å². The maximum Gasteiger partial charge on any atom is 0.124 e. The van der Waals surface area contributed by atoms with E-state index in [9.17, 15) is 5.26 Å². The third kappa shape index (κ3) is 2.75. The second-order valence-corrected chi connectivity index (χ2v) is 5.09. The molecule has 0 aliphatic carbocycles. The van der Waals surface area contributed by atoms with Crippen molar-refractivity contribution in [3.63, 3.8) is 0 Å². The molecule has 3 heteroatoms. The summed E-state index contributed by atoms with van der Waals surface area (Å²) in [6.45, 7) is 4.26. The molecule has 0 spiro atoms. The lowest BCUT2D eigenvalue weighted by Crippen LogP contribution is -2.43. The first-order valence-corrected chi connectivity index (χ1v) is 6.60. The minimum Gasteiger partial charge on any atom is -0.373 e. The van der Waals surface area contributed by atoms with Gasteiger partial charge in [0.1, 0.15) is 6.04 Å². The van der Waals surface area contributed by atoms with Crippen LogP contribution in [0.5, 0.6) is 0 Å². The van der Waals surface area contributed by atoms with Gasteiger partial charge in [0, 0.05) is 0 Å². The van der Waals surface area contributed by atoms with Crippen molar-refractivity contribution in [2.75, 3.05) is 13.1 Å². The molecular formula is C13H22N2O. The van der Waals surface area contributed by atoms with Gasteiger partial charge in [-0.1, -0.05) is 12.8 Å². The van der Waals surface area contributed by atoms with Gasteiger partial charge < -0.3 is 4.74 Å². The zero-order valence-electron chi connectivity index (χ0n) is 10.2. The second kappa shape index (κ2) is 5.65. The fourth-order valence-corrected chi connectivity index (χ4v) is 2.84. The maximum absolute atomic E-state index is 9.35. The topological polar surface area (TPSA) is 36.3 Å². The Hall–Kier alpha value is -0.590. The Kier molecular flexibility index (Phi) is 4.20. The molecule has 3 atom stereocenters. The normalized spacial score (nSPS) is 34.2. The lowest BCUT2D eigenvalue weighted by molar-refractivity contribution is 0.0113. The first-order chi connectivity index (χ1) is 7.81. The molecule has 0 aromatic heterocycles. The van der Waals surface area contributed by atoms with Crippen LogP contribution in [0, 0.1) is 11.3 Å². The van der Waals surface area contributed by atoms with Crippen LogP contribution < -0.4 is 0 Å². The van der Waals surface area contributed by atoms with E-state index in [0.29, 0.717) is 6.10 Å². The molecule has 2 heterocycles. The summed E-state index contributed by atoms with van der Waals surface area (Å²) in [5.74, 6) is 0. The molecule has 2 rings (SSSR count). The standard InChI is InChI=1S/C13H22N2O/c1-11-6-7-13(16-11)12(10-14)15-8-4-2-3-5-9-15/h11-13H,2-9H2,1H3. The molecule has 2 saturated heterocycles. The van der Waals surface area contributed by atoms with Gasteiger partial charge >= 0.3 is 0 Å². The third-order valence-electron chi connectivity index (χ3n) is 3.78. The van der Waals surface area contributed by atoms with Crippen molar-refractivity contribution in [3.8, 4) is 6.07 Å². The number of rotatable bonds is 2. The Morgan fingerprint density at radius 1 is 1.19 bits per heavy atom. The highest BCUT2D eigenvalue weighted by molar-refractivity contribution is 5.00. The third-order valence-corrected chi connectivity index (χ3v) is 3.78. The number of nitriles is 1. The predicted octanol–water partition coefficient (Wildman–Crippen LogP) is 2.32. The summed E-state index contributed by atoms with van der Waals surface area (Å²) in [5, 5.41) is 9.35. The van der Waals surface area contributed by atoms with Crippen LogP contribution in [0.15, 0.2) is 0 Å². The average molecular weight is 222 g/mol. The highest BCUT2D eigenvalue weighted by Gasteiger charge is 2.33. The molecule has 0 bridgehead atoms. The van der Waals surface area contributed by atoms with Crippen LogP contribution in [-0.2, 0) is 4.74 Å². The summed E-state index contributed by atoms with van der Waals surface area (Å²) in [7, 11) is 0. The lowest BCUT2D eigenvalue weighted by atomic mass is 10.1. The Labute approximate surface area is 98.4 Å². The van der Waals surface area contributed by atoms with E-state index < -0.39 is 0 Å². The summed E-state index contributed by atoms with van der Waals surface area (Å²) in [6, 6.07) is 2.45. The van der Waals surface area contributed by atoms with Crippen LogP contribution in [0.25, 0.3) is 0 Å². The van der Waals surface area contributed by atoms with Crippen molar-refractivity contribution in [1.29, 1.82) is 5.26 Å². The quantitative estimate of drug-likeness (QED) is 0.719. The number of ether oxygens (including phenoxy) is 1. The summed E-state index contributed by atoms with van der Waals surface area (Å²) >= 11 is 0. The number of hydrogen-bond donors (Lipinski definition) is 0. The molecule has 2 aliphatic rings.